The number of para-hydroxylation sites is 1. The van der Waals surface area contributed by atoms with Crippen LogP contribution in [0.2, 0.25) is 10.0 Å². The maximum absolute atomic E-state index is 6.27. The molecule has 0 amide bonds. The van der Waals surface area contributed by atoms with Gasteiger partial charge in [-0.05, 0) is 61.2 Å². The molecule has 0 radical (unpaired) electrons. The number of halogens is 2. The molecule has 1 aliphatic rings. The van der Waals surface area contributed by atoms with E-state index < -0.39 is 0 Å². The van der Waals surface area contributed by atoms with E-state index in [2.05, 4.69) is 64.3 Å². The zero-order valence-electron chi connectivity index (χ0n) is 17.5. The first-order chi connectivity index (χ1) is 15.7. The average Bonchev–Trinajstić information content (AvgIpc) is 3.23. The Morgan fingerprint density at radius 2 is 1.59 bits per heavy atom. The minimum Gasteiger partial charge on any atom is -0.391 e. The van der Waals surface area contributed by atoms with Gasteiger partial charge in [0.1, 0.15) is 6.61 Å². The number of rotatable bonds is 5. The Morgan fingerprint density at radius 1 is 0.844 bits per heavy atom. The summed E-state index contributed by atoms with van der Waals surface area (Å²) in [7, 11) is 0. The molecule has 3 aromatic carbocycles. The first-order valence-corrected chi connectivity index (χ1v) is 11.4. The summed E-state index contributed by atoms with van der Waals surface area (Å²) >= 11 is 12.4. The van der Waals surface area contributed by atoms with Crippen LogP contribution in [0.3, 0.4) is 0 Å². The van der Waals surface area contributed by atoms with Crippen LogP contribution in [-0.4, -0.2) is 10.3 Å². The second kappa shape index (κ2) is 9.23. The standard InChI is InChI=1S/C27H22Cl2N2O/c28-21-14-15-24(29)20(16-21)18-32-30-25-12-7-13-26-23(25)17-27(19-8-3-1-4-9-19)31(26)22-10-5-2-6-11-22/h1-6,8-11,14-17H,7,12-13,18H2/b30-25-. The van der Waals surface area contributed by atoms with Gasteiger partial charge in [-0.2, -0.15) is 0 Å². The number of hydrogen-bond donors (Lipinski definition) is 0. The Bertz CT molecular complexity index is 1260. The SMILES string of the molecule is Clc1ccc(Cl)c(CO/N=C2/CCCc3c2cc(-c2ccccc2)n3-c2ccccc2)c1. The number of hydrogen-bond acceptors (Lipinski definition) is 2. The van der Waals surface area contributed by atoms with E-state index in [0.717, 1.165) is 47.5 Å². The molecule has 0 aliphatic heterocycles. The van der Waals surface area contributed by atoms with Crippen LogP contribution in [0.1, 0.15) is 29.7 Å². The molecule has 0 spiro atoms. The van der Waals surface area contributed by atoms with Crippen LogP contribution < -0.4 is 0 Å². The fraction of sp³-hybridized carbons (Fsp3) is 0.148. The lowest BCUT2D eigenvalue weighted by Crippen LogP contribution is -2.14. The third-order valence-electron chi connectivity index (χ3n) is 5.73. The summed E-state index contributed by atoms with van der Waals surface area (Å²) in [6, 6.07) is 28.6. The van der Waals surface area contributed by atoms with Crippen LogP contribution in [0.25, 0.3) is 16.9 Å². The highest BCUT2D eigenvalue weighted by Gasteiger charge is 2.24. The average molecular weight is 461 g/mol. The first kappa shape index (κ1) is 20.9. The van der Waals surface area contributed by atoms with E-state index in [0.29, 0.717) is 10.0 Å². The lowest BCUT2D eigenvalue weighted by atomic mass is 9.95. The van der Waals surface area contributed by atoms with E-state index in [9.17, 15) is 0 Å². The van der Waals surface area contributed by atoms with Crippen molar-refractivity contribution in [3.63, 3.8) is 0 Å². The lowest BCUT2D eigenvalue weighted by molar-refractivity contribution is 0.130. The summed E-state index contributed by atoms with van der Waals surface area (Å²) in [6.07, 6.45) is 2.90. The number of aromatic nitrogens is 1. The molecule has 4 aromatic rings. The molecule has 3 nitrogen and oxygen atoms in total. The van der Waals surface area contributed by atoms with Gasteiger partial charge in [0.15, 0.2) is 0 Å². The molecule has 0 bridgehead atoms. The summed E-state index contributed by atoms with van der Waals surface area (Å²) < 4.78 is 2.35. The molecule has 0 unspecified atom stereocenters. The molecule has 160 valence electrons. The fourth-order valence-corrected chi connectivity index (χ4v) is 4.59. The molecule has 5 heteroatoms. The van der Waals surface area contributed by atoms with Gasteiger partial charge in [-0.1, -0.05) is 76.9 Å². The van der Waals surface area contributed by atoms with E-state index in [1.807, 2.05) is 18.2 Å². The minimum absolute atomic E-state index is 0.281. The zero-order valence-corrected chi connectivity index (χ0v) is 19.0. The Hall–Kier alpha value is -3.01. The number of benzene rings is 3. The summed E-state index contributed by atoms with van der Waals surface area (Å²) in [5.74, 6) is 0. The molecule has 1 aliphatic carbocycles. The molecule has 0 atom stereocenters. The Balaban J connectivity index is 1.53. The van der Waals surface area contributed by atoms with Gasteiger partial charge in [0.05, 0.1) is 11.4 Å². The predicted octanol–water partition coefficient (Wildman–Crippen LogP) is 7.71. The molecule has 5 rings (SSSR count). The van der Waals surface area contributed by atoms with Gasteiger partial charge in [0.2, 0.25) is 0 Å². The third-order valence-corrected chi connectivity index (χ3v) is 6.33. The summed E-state index contributed by atoms with van der Waals surface area (Å²) in [6.45, 7) is 0.281. The maximum Gasteiger partial charge on any atom is 0.143 e. The van der Waals surface area contributed by atoms with Crippen LogP contribution in [0.4, 0.5) is 0 Å². The van der Waals surface area contributed by atoms with Gasteiger partial charge in [-0.3, -0.25) is 0 Å². The molecule has 0 N–H and O–H groups in total. The molecule has 0 saturated carbocycles. The predicted molar refractivity (Wildman–Crippen MR) is 132 cm³/mol. The molecular weight excluding hydrogens is 439 g/mol. The Kier molecular flexibility index (Phi) is 6.02. The van der Waals surface area contributed by atoms with Crippen LogP contribution in [0.15, 0.2) is 90.1 Å². The Morgan fingerprint density at radius 3 is 2.38 bits per heavy atom. The molecule has 0 fully saturated rings. The Labute approximate surface area is 197 Å². The topological polar surface area (TPSA) is 26.5 Å². The maximum atomic E-state index is 6.27. The fourth-order valence-electron chi connectivity index (χ4n) is 4.23. The van der Waals surface area contributed by atoms with E-state index in [1.165, 1.54) is 11.3 Å². The van der Waals surface area contributed by atoms with Crippen molar-refractivity contribution in [3.8, 4) is 16.9 Å². The van der Waals surface area contributed by atoms with Crippen molar-refractivity contribution in [1.82, 2.24) is 4.57 Å². The monoisotopic (exact) mass is 460 g/mol. The highest BCUT2D eigenvalue weighted by molar-refractivity contribution is 6.33. The van der Waals surface area contributed by atoms with Crippen molar-refractivity contribution in [3.05, 3.63) is 112 Å². The summed E-state index contributed by atoms with van der Waals surface area (Å²) in [5.41, 5.74) is 7.70. The van der Waals surface area contributed by atoms with Crippen molar-refractivity contribution in [2.24, 2.45) is 5.16 Å². The first-order valence-electron chi connectivity index (χ1n) is 10.7. The van der Waals surface area contributed by atoms with Crippen LogP contribution in [-0.2, 0) is 17.9 Å². The van der Waals surface area contributed by atoms with E-state index in [1.54, 1.807) is 12.1 Å². The molecule has 0 saturated heterocycles. The third kappa shape index (κ3) is 4.19. The smallest absolute Gasteiger partial charge is 0.143 e. The second-order valence-corrected chi connectivity index (χ2v) is 8.67. The van der Waals surface area contributed by atoms with Gasteiger partial charge < -0.3 is 9.40 Å². The van der Waals surface area contributed by atoms with Gasteiger partial charge in [-0.25, -0.2) is 0 Å². The second-order valence-electron chi connectivity index (χ2n) is 7.83. The highest BCUT2D eigenvalue weighted by Crippen LogP contribution is 2.34. The van der Waals surface area contributed by atoms with Gasteiger partial charge >= 0.3 is 0 Å². The molecule has 1 aromatic heterocycles. The summed E-state index contributed by atoms with van der Waals surface area (Å²) in [5, 5.41) is 5.79. The number of fused-ring (bicyclic) bond motifs is 1. The van der Waals surface area contributed by atoms with E-state index in [-0.39, 0.29) is 6.61 Å². The van der Waals surface area contributed by atoms with Crippen molar-refractivity contribution in [2.75, 3.05) is 0 Å². The van der Waals surface area contributed by atoms with Crippen molar-refractivity contribution in [2.45, 2.75) is 25.9 Å². The molecular formula is C27H22Cl2N2O. The molecule has 32 heavy (non-hydrogen) atoms. The van der Waals surface area contributed by atoms with E-state index >= 15 is 0 Å². The van der Waals surface area contributed by atoms with Crippen molar-refractivity contribution >= 4 is 28.9 Å². The highest BCUT2D eigenvalue weighted by atomic mass is 35.5. The van der Waals surface area contributed by atoms with Crippen molar-refractivity contribution < 1.29 is 4.84 Å². The largest absolute Gasteiger partial charge is 0.391 e. The zero-order chi connectivity index (χ0) is 21.9. The quantitative estimate of drug-likeness (QED) is 0.280. The van der Waals surface area contributed by atoms with Crippen molar-refractivity contribution in [1.29, 1.82) is 0 Å². The van der Waals surface area contributed by atoms with Crippen LogP contribution in [0, 0.1) is 0 Å². The van der Waals surface area contributed by atoms with Gasteiger partial charge in [-0.15, -0.1) is 0 Å². The van der Waals surface area contributed by atoms with Crippen LogP contribution >= 0.6 is 23.2 Å². The van der Waals surface area contributed by atoms with Gasteiger partial charge in [0, 0.05) is 32.6 Å². The molecule has 1 heterocycles. The van der Waals surface area contributed by atoms with Crippen LogP contribution in [0.5, 0.6) is 0 Å². The van der Waals surface area contributed by atoms with E-state index in [4.69, 9.17) is 28.0 Å². The lowest BCUT2D eigenvalue weighted by Gasteiger charge is -2.18. The minimum atomic E-state index is 0.281. The number of nitrogens with zero attached hydrogens (tertiary/aromatic N) is 2. The summed E-state index contributed by atoms with van der Waals surface area (Å²) in [4.78, 5) is 5.75. The normalized spacial score (nSPS) is 14.4. The number of oxime groups is 1. The van der Waals surface area contributed by atoms with Gasteiger partial charge in [0.25, 0.3) is 0 Å².